The van der Waals surface area contributed by atoms with Gasteiger partial charge in [-0.15, -0.1) is 0 Å². The predicted molar refractivity (Wildman–Crippen MR) is 83.2 cm³/mol. The van der Waals surface area contributed by atoms with Gasteiger partial charge in [0.2, 0.25) is 10.0 Å². The third-order valence-electron chi connectivity index (χ3n) is 3.88. The zero-order chi connectivity index (χ0) is 15.5. The minimum atomic E-state index is -3.27. The Bertz CT molecular complexity index is 626. The molecule has 4 nitrogen and oxygen atoms in total. The first-order valence-corrected chi connectivity index (χ1v) is 8.99. The summed E-state index contributed by atoms with van der Waals surface area (Å²) in [4.78, 5) is 0. The molecule has 21 heavy (non-hydrogen) atoms. The van der Waals surface area contributed by atoms with E-state index in [-0.39, 0.29) is 11.8 Å². The summed E-state index contributed by atoms with van der Waals surface area (Å²) in [7, 11) is -3.27. The molecule has 0 aliphatic carbocycles. The number of nitrogens with zero attached hydrogens (tertiary/aromatic N) is 2. The lowest BCUT2D eigenvalue weighted by atomic mass is 10.0. The molecule has 0 amide bonds. The van der Waals surface area contributed by atoms with Crippen LogP contribution >= 0.6 is 0 Å². The van der Waals surface area contributed by atoms with Crippen LogP contribution in [0.25, 0.3) is 0 Å². The molecule has 5 heteroatoms. The van der Waals surface area contributed by atoms with Gasteiger partial charge in [0.25, 0.3) is 0 Å². The SMILES string of the molecule is Cc1cc(C)cc(C2CCCN2S(=O)(=O)CCCC#N)c1. The summed E-state index contributed by atoms with van der Waals surface area (Å²) in [6.07, 6.45) is 2.48. The van der Waals surface area contributed by atoms with Crippen LogP contribution in [0.3, 0.4) is 0 Å². The van der Waals surface area contributed by atoms with Crippen LogP contribution in [-0.4, -0.2) is 25.0 Å². The third kappa shape index (κ3) is 3.84. The van der Waals surface area contributed by atoms with Crippen molar-refractivity contribution < 1.29 is 8.42 Å². The fraction of sp³-hybridized carbons (Fsp3) is 0.562. The van der Waals surface area contributed by atoms with E-state index in [1.807, 2.05) is 19.9 Å². The number of unbranched alkanes of at least 4 members (excludes halogenated alkanes) is 1. The van der Waals surface area contributed by atoms with Crippen LogP contribution in [0.4, 0.5) is 0 Å². The molecule has 1 saturated heterocycles. The Hall–Kier alpha value is -1.38. The fourth-order valence-electron chi connectivity index (χ4n) is 3.06. The van der Waals surface area contributed by atoms with Gasteiger partial charge in [-0.1, -0.05) is 29.3 Å². The number of aryl methyl sites for hydroxylation is 2. The summed E-state index contributed by atoms with van der Waals surface area (Å²) in [5, 5.41) is 8.56. The second-order valence-electron chi connectivity index (χ2n) is 5.77. The summed E-state index contributed by atoms with van der Waals surface area (Å²) in [5.41, 5.74) is 3.42. The second kappa shape index (κ2) is 6.59. The minimum Gasteiger partial charge on any atom is -0.212 e. The van der Waals surface area contributed by atoms with Gasteiger partial charge in [0.05, 0.1) is 11.8 Å². The van der Waals surface area contributed by atoms with Gasteiger partial charge in [-0.3, -0.25) is 0 Å². The maximum absolute atomic E-state index is 12.5. The number of benzene rings is 1. The molecule has 0 aromatic heterocycles. The van der Waals surface area contributed by atoms with Gasteiger partial charge >= 0.3 is 0 Å². The first-order chi connectivity index (χ1) is 9.94. The Kier molecular flexibility index (Phi) is 5.02. The van der Waals surface area contributed by atoms with Crippen molar-refractivity contribution in [2.24, 2.45) is 0 Å². The van der Waals surface area contributed by atoms with Crippen molar-refractivity contribution in [2.45, 2.75) is 45.6 Å². The van der Waals surface area contributed by atoms with E-state index in [2.05, 4.69) is 18.2 Å². The number of hydrogen-bond donors (Lipinski definition) is 0. The smallest absolute Gasteiger partial charge is 0.212 e. The van der Waals surface area contributed by atoms with E-state index >= 15 is 0 Å². The Labute approximate surface area is 127 Å². The molecule has 2 rings (SSSR count). The van der Waals surface area contributed by atoms with E-state index in [9.17, 15) is 8.42 Å². The first-order valence-electron chi connectivity index (χ1n) is 7.39. The van der Waals surface area contributed by atoms with Gasteiger partial charge in [-0.25, -0.2) is 8.42 Å². The lowest BCUT2D eigenvalue weighted by Crippen LogP contribution is -2.32. The summed E-state index contributed by atoms with van der Waals surface area (Å²) in [5.74, 6) is 0.0713. The van der Waals surface area contributed by atoms with Gasteiger partial charge < -0.3 is 0 Å². The van der Waals surface area contributed by atoms with Crippen LogP contribution in [0.1, 0.15) is 48.4 Å². The van der Waals surface area contributed by atoms with Crippen LogP contribution in [0.15, 0.2) is 18.2 Å². The van der Waals surface area contributed by atoms with Gasteiger partial charge in [0.15, 0.2) is 0 Å². The zero-order valence-corrected chi connectivity index (χ0v) is 13.5. The molecular weight excluding hydrogens is 284 g/mol. The monoisotopic (exact) mass is 306 g/mol. The number of rotatable bonds is 5. The number of sulfonamides is 1. The van der Waals surface area contributed by atoms with Crippen molar-refractivity contribution in [1.29, 1.82) is 5.26 Å². The fourth-order valence-corrected chi connectivity index (χ4v) is 4.83. The van der Waals surface area contributed by atoms with Gasteiger partial charge in [-0.2, -0.15) is 9.57 Å². The molecule has 0 saturated carbocycles. The van der Waals surface area contributed by atoms with Gasteiger partial charge in [0, 0.05) is 19.0 Å². The predicted octanol–water partition coefficient (Wildman–Crippen LogP) is 3.07. The maximum Gasteiger partial charge on any atom is 0.214 e. The molecule has 1 aromatic carbocycles. The molecule has 114 valence electrons. The molecule has 1 unspecified atom stereocenters. The Morgan fingerprint density at radius 2 is 1.95 bits per heavy atom. The molecule has 1 aromatic rings. The van der Waals surface area contributed by atoms with Crippen LogP contribution in [0.5, 0.6) is 0 Å². The number of hydrogen-bond acceptors (Lipinski definition) is 3. The Morgan fingerprint density at radius 3 is 2.57 bits per heavy atom. The van der Waals surface area contributed by atoms with E-state index in [4.69, 9.17) is 5.26 Å². The summed E-state index contributed by atoms with van der Waals surface area (Å²) in [6, 6.07) is 8.23. The summed E-state index contributed by atoms with van der Waals surface area (Å²) in [6.45, 7) is 4.67. The normalized spacial score (nSPS) is 19.6. The highest BCUT2D eigenvalue weighted by atomic mass is 32.2. The van der Waals surface area contributed by atoms with Crippen molar-refractivity contribution in [3.8, 4) is 6.07 Å². The molecule has 0 radical (unpaired) electrons. The largest absolute Gasteiger partial charge is 0.214 e. The van der Waals surface area contributed by atoms with Gasteiger partial charge in [-0.05, 0) is 38.7 Å². The molecule has 1 fully saturated rings. The van der Waals surface area contributed by atoms with Crippen LogP contribution in [-0.2, 0) is 10.0 Å². The van der Waals surface area contributed by atoms with E-state index in [0.717, 1.165) is 18.4 Å². The summed E-state index contributed by atoms with van der Waals surface area (Å²) >= 11 is 0. The molecular formula is C16H22N2O2S. The highest BCUT2D eigenvalue weighted by molar-refractivity contribution is 7.89. The first kappa shape index (κ1) is 16.0. The minimum absolute atomic E-state index is 0.0457. The van der Waals surface area contributed by atoms with Crippen LogP contribution in [0, 0.1) is 25.2 Å². The lowest BCUT2D eigenvalue weighted by molar-refractivity contribution is 0.396. The van der Waals surface area contributed by atoms with E-state index in [1.54, 1.807) is 4.31 Å². The molecule has 1 aliphatic rings. The topological polar surface area (TPSA) is 61.2 Å². The Balaban J connectivity index is 2.22. The standard InChI is InChI=1S/C16H22N2O2S/c1-13-10-14(2)12-15(11-13)16-6-5-8-18(16)21(19,20)9-4-3-7-17/h10-12,16H,3-6,8-9H2,1-2H3. The van der Waals surface area contributed by atoms with Crippen molar-refractivity contribution in [1.82, 2.24) is 4.31 Å². The molecule has 0 spiro atoms. The van der Waals surface area contributed by atoms with Crippen molar-refractivity contribution >= 4 is 10.0 Å². The quantitative estimate of drug-likeness (QED) is 0.785. The molecule has 1 aliphatic heterocycles. The highest BCUT2D eigenvalue weighted by Gasteiger charge is 2.34. The molecule has 1 heterocycles. The second-order valence-corrected chi connectivity index (χ2v) is 7.81. The number of nitriles is 1. The third-order valence-corrected chi connectivity index (χ3v) is 5.84. The van der Waals surface area contributed by atoms with Crippen molar-refractivity contribution in [3.05, 3.63) is 34.9 Å². The van der Waals surface area contributed by atoms with Crippen LogP contribution < -0.4 is 0 Å². The Morgan fingerprint density at radius 1 is 1.29 bits per heavy atom. The van der Waals surface area contributed by atoms with Crippen LogP contribution in [0.2, 0.25) is 0 Å². The zero-order valence-electron chi connectivity index (χ0n) is 12.7. The molecule has 0 N–H and O–H groups in total. The van der Waals surface area contributed by atoms with E-state index < -0.39 is 10.0 Å². The van der Waals surface area contributed by atoms with E-state index in [0.29, 0.717) is 19.4 Å². The molecule has 1 atom stereocenters. The average molecular weight is 306 g/mol. The summed E-state index contributed by atoms with van der Waals surface area (Å²) < 4.78 is 26.6. The maximum atomic E-state index is 12.5. The lowest BCUT2D eigenvalue weighted by Gasteiger charge is -2.25. The van der Waals surface area contributed by atoms with Crippen molar-refractivity contribution in [2.75, 3.05) is 12.3 Å². The average Bonchev–Trinajstić information content (AvgIpc) is 2.87. The van der Waals surface area contributed by atoms with Crippen molar-refractivity contribution in [3.63, 3.8) is 0 Å². The molecule has 0 bridgehead atoms. The highest BCUT2D eigenvalue weighted by Crippen LogP contribution is 2.35. The van der Waals surface area contributed by atoms with Gasteiger partial charge in [0.1, 0.15) is 0 Å². The van der Waals surface area contributed by atoms with E-state index in [1.165, 1.54) is 11.1 Å².